The molecule has 128 valence electrons. The number of morpholine rings is 1. The highest BCUT2D eigenvalue weighted by Crippen LogP contribution is 2.25. The van der Waals surface area contributed by atoms with Gasteiger partial charge >= 0.3 is 0 Å². The maximum atomic E-state index is 12.9. The number of aromatic amines is 1. The van der Waals surface area contributed by atoms with Gasteiger partial charge in [-0.3, -0.25) is 9.69 Å². The van der Waals surface area contributed by atoms with Crippen LogP contribution in [-0.4, -0.2) is 71.1 Å². The second-order valence-electron chi connectivity index (χ2n) is 6.96. The Bertz CT molecular complexity index is 751. The van der Waals surface area contributed by atoms with Crippen molar-refractivity contribution in [2.45, 2.75) is 19.9 Å². The molecule has 3 heterocycles. The Kier molecular flexibility index (Phi) is 4.02. The second kappa shape index (κ2) is 6.18. The number of rotatable bonds is 2. The average molecular weight is 328 g/mol. The Morgan fingerprint density at radius 1 is 1.29 bits per heavy atom. The Morgan fingerprint density at radius 3 is 2.88 bits per heavy atom. The maximum Gasteiger partial charge on any atom is 0.253 e. The molecule has 0 aliphatic carbocycles. The molecule has 4 rings (SSSR count). The first-order valence-electron chi connectivity index (χ1n) is 8.69. The van der Waals surface area contributed by atoms with E-state index in [1.165, 1.54) is 0 Å². The van der Waals surface area contributed by atoms with Crippen molar-refractivity contribution in [3.8, 4) is 0 Å². The van der Waals surface area contributed by atoms with Gasteiger partial charge in [0.1, 0.15) is 5.82 Å². The van der Waals surface area contributed by atoms with Gasteiger partial charge in [-0.25, -0.2) is 4.98 Å². The first-order valence-corrected chi connectivity index (χ1v) is 8.69. The topological polar surface area (TPSA) is 61.5 Å². The summed E-state index contributed by atoms with van der Waals surface area (Å²) >= 11 is 0. The van der Waals surface area contributed by atoms with Crippen molar-refractivity contribution < 1.29 is 9.53 Å². The van der Waals surface area contributed by atoms with Crippen LogP contribution in [0.25, 0.3) is 11.0 Å². The van der Waals surface area contributed by atoms with Gasteiger partial charge in [0.05, 0.1) is 24.2 Å². The summed E-state index contributed by atoms with van der Waals surface area (Å²) in [5, 5.41) is 0. The Labute approximate surface area is 141 Å². The number of benzene rings is 1. The monoisotopic (exact) mass is 328 g/mol. The molecule has 2 aliphatic heterocycles. The van der Waals surface area contributed by atoms with Crippen molar-refractivity contribution >= 4 is 16.9 Å². The molecule has 2 saturated heterocycles. The molecular formula is C18H24N4O2. The van der Waals surface area contributed by atoms with E-state index in [0.29, 0.717) is 12.0 Å². The third-order valence-electron chi connectivity index (χ3n) is 5.22. The average Bonchev–Trinajstić information content (AvgIpc) is 3.16. The van der Waals surface area contributed by atoms with E-state index in [4.69, 9.17) is 4.74 Å². The number of nitrogens with one attached hydrogen (secondary N) is 1. The number of ether oxygens (including phenoxy) is 1. The van der Waals surface area contributed by atoms with E-state index in [2.05, 4.69) is 21.8 Å². The van der Waals surface area contributed by atoms with Crippen molar-refractivity contribution in [1.82, 2.24) is 19.8 Å². The van der Waals surface area contributed by atoms with Gasteiger partial charge in [-0.05, 0) is 31.0 Å². The fraction of sp³-hybridized carbons (Fsp3) is 0.556. The van der Waals surface area contributed by atoms with Gasteiger partial charge < -0.3 is 14.6 Å². The molecule has 2 atom stereocenters. The van der Waals surface area contributed by atoms with E-state index in [1.807, 2.05) is 30.0 Å². The lowest BCUT2D eigenvalue weighted by molar-refractivity contribution is 0.0119. The van der Waals surface area contributed by atoms with Crippen LogP contribution in [0.1, 0.15) is 23.1 Å². The number of hydrogen-bond donors (Lipinski definition) is 1. The number of H-pyrrole nitrogens is 1. The predicted octanol–water partition coefficient (Wildman–Crippen LogP) is 1.66. The zero-order valence-electron chi connectivity index (χ0n) is 14.3. The quantitative estimate of drug-likeness (QED) is 0.911. The van der Waals surface area contributed by atoms with Crippen LogP contribution in [0, 0.1) is 12.8 Å². The van der Waals surface area contributed by atoms with E-state index >= 15 is 0 Å². The number of imidazole rings is 1. The van der Waals surface area contributed by atoms with Crippen LogP contribution < -0.4 is 0 Å². The SMILES string of the molecule is Cc1nc2ccc(C(=O)N3C[C@@H](C)[C@H](N4CCOCC4)C3)cc2[nH]1. The second-order valence-corrected chi connectivity index (χ2v) is 6.96. The van der Waals surface area contributed by atoms with E-state index in [0.717, 1.165) is 61.8 Å². The van der Waals surface area contributed by atoms with E-state index < -0.39 is 0 Å². The van der Waals surface area contributed by atoms with Crippen molar-refractivity contribution in [3.05, 3.63) is 29.6 Å². The number of amides is 1. The molecule has 1 aromatic heterocycles. The van der Waals surface area contributed by atoms with Gasteiger partial charge in [0.15, 0.2) is 0 Å². The maximum absolute atomic E-state index is 12.9. The minimum Gasteiger partial charge on any atom is -0.379 e. The summed E-state index contributed by atoms with van der Waals surface area (Å²) < 4.78 is 5.45. The predicted molar refractivity (Wildman–Crippen MR) is 92.1 cm³/mol. The summed E-state index contributed by atoms with van der Waals surface area (Å²) in [6.07, 6.45) is 0. The van der Waals surface area contributed by atoms with Gasteiger partial charge in [0, 0.05) is 37.8 Å². The number of carbonyl (C=O) groups is 1. The molecular weight excluding hydrogens is 304 g/mol. The highest BCUT2D eigenvalue weighted by Gasteiger charge is 2.36. The third kappa shape index (κ3) is 2.80. The molecule has 1 amide bonds. The molecule has 24 heavy (non-hydrogen) atoms. The summed E-state index contributed by atoms with van der Waals surface area (Å²) in [5.74, 6) is 1.48. The van der Waals surface area contributed by atoms with Gasteiger partial charge in [-0.1, -0.05) is 6.92 Å². The minimum atomic E-state index is 0.117. The zero-order chi connectivity index (χ0) is 16.7. The lowest BCUT2D eigenvalue weighted by atomic mass is 10.0. The van der Waals surface area contributed by atoms with Gasteiger partial charge in [-0.15, -0.1) is 0 Å². The fourth-order valence-electron chi connectivity index (χ4n) is 3.95. The van der Waals surface area contributed by atoms with Crippen LogP contribution in [0.4, 0.5) is 0 Å². The van der Waals surface area contributed by atoms with Gasteiger partial charge in [0.2, 0.25) is 0 Å². The Hall–Kier alpha value is -1.92. The van der Waals surface area contributed by atoms with Crippen LogP contribution in [-0.2, 0) is 4.74 Å². The summed E-state index contributed by atoms with van der Waals surface area (Å²) in [6, 6.07) is 6.17. The van der Waals surface area contributed by atoms with Crippen molar-refractivity contribution in [2.24, 2.45) is 5.92 Å². The van der Waals surface area contributed by atoms with Crippen LogP contribution in [0.5, 0.6) is 0 Å². The zero-order valence-corrected chi connectivity index (χ0v) is 14.3. The number of aromatic nitrogens is 2. The smallest absolute Gasteiger partial charge is 0.253 e. The molecule has 2 aliphatic rings. The molecule has 0 saturated carbocycles. The minimum absolute atomic E-state index is 0.117. The first-order chi connectivity index (χ1) is 11.6. The summed E-state index contributed by atoms with van der Waals surface area (Å²) in [6.45, 7) is 9.33. The summed E-state index contributed by atoms with van der Waals surface area (Å²) in [5.41, 5.74) is 2.57. The molecule has 1 aromatic carbocycles. The Morgan fingerprint density at radius 2 is 2.08 bits per heavy atom. The third-order valence-corrected chi connectivity index (χ3v) is 5.22. The number of fused-ring (bicyclic) bond motifs is 1. The molecule has 1 N–H and O–H groups in total. The molecule has 2 aromatic rings. The Balaban J connectivity index is 1.51. The van der Waals surface area contributed by atoms with E-state index in [-0.39, 0.29) is 5.91 Å². The number of nitrogens with zero attached hydrogens (tertiary/aromatic N) is 3. The lowest BCUT2D eigenvalue weighted by Crippen LogP contribution is -2.47. The largest absolute Gasteiger partial charge is 0.379 e. The first kappa shape index (κ1) is 15.6. The highest BCUT2D eigenvalue weighted by atomic mass is 16.5. The van der Waals surface area contributed by atoms with E-state index in [1.54, 1.807) is 0 Å². The summed E-state index contributed by atoms with van der Waals surface area (Å²) in [4.78, 5) is 25.0. The molecule has 0 bridgehead atoms. The number of likely N-dealkylation sites (tertiary alicyclic amines) is 1. The molecule has 0 spiro atoms. The van der Waals surface area contributed by atoms with E-state index in [9.17, 15) is 4.79 Å². The molecule has 6 heteroatoms. The van der Waals surface area contributed by atoms with Crippen LogP contribution in [0.2, 0.25) is 0 Å². The van der Waals surface area contributed by atoms with Crippen molar-refractivity contribution in [2.75, 3.05) is 39.4 Å². The molecule has 0 radical (unpaired) electrons. The van der Waals surface area contributed by atoms with Crippen LogP contribution >= 0.6 is 0 Å². The molecule has 0 unspecified atom stereocenters. The fourth-order valence-corrected chi connectivity index (χ4v) is 3.95. The molecule has 6 nitrogen and oxygen atoms in total. The number of hydrogen-bond acceptors (Lipinski definition) is 4. The number of carbonyl (C=O) groups excluding carboxylic acids is 1. The van der Waals surface area contributed by atoms with Crippen molar-refractivity contribution in [3.63, 3.8) is 0 Å². The standard InChI is InChI=1S/C18H24N4O2/c1-12-10-22(11-17(12)21-5-7-24-8-6-21)18(23)14-3-4-15-16(9-14)20-13(2)19-15/h3-4,9,12,17H,5-8,10-11H2,1-2H3,(H,19,20)/t12-,17-/m1/s1. The summed E-state index contributed by atoms with van der Waals surface area (Å²) in [7, 11) is 0. The van der Waals surface area contributed by atoms with Crippen LogP contribution in [0.3, 0.4) is 0 Å². The normalized spacial score (nSPS) is 25.5. The molecule has 2 fully saturated rings. The van der Waals surface area contributed by atoms with Gasteiger partial charge in [0.25, 0.3) is 5.91 Å². The van der Waals surface area contributed by atoms with Crippen LogP contribution in [0.15, 0.2) is 18.2 Å². The van der Waals surface area contributed by atoms with Crippen molar-refractivity contribution in [1.29, 1.82) is 0 Å². The van der Waals surface area contributed by atoms with Gasteiger partial charge in [-0.2, -0.15) is 0 Å². The number of aryl methyl sites for hydroxylation is 1. The lowest BCUT2D eigenvalue weighted by Gasteiger charge is -2.33. The highest BCUT2D eigenvalue weighted by molar-refractivity contribution is 5.97.